The van der Waals surface area contributed by atoms with E-state index in [0.29, 0.717) is 6.54 Å². The summed E-state index contributed by atoms with van der Waals surface area (Å²) in [6.07, 6.45) is 6.10. The highest BCUT2D eigenvalue weighted by Crippen LogP contribution is 2.38. The van der Waals surface area contributed by atoms with Gasteiger partial charge in [0.2, 0.25) is 11.8 Å². The van der Waals surface area contributed by atoms with Gasteiger partial charge in [0.1, 0.15) is 0 Å². The van der Waals surface area contributed by atoms with Crippen LogP contribution in [0.3, 0.4) is 0 Å². The first-order valence-corrected chi connectivity index (χ1v) is 6.74. The summed E-state index contributed by atoms with van der Waals surface area (Å²) in [7, 11) is 0. The molecule has 3 aliphatic rings. The van der Waals surface area contributed by atoms with Crippen LogP contribution >= 0.6 is 0 Å². The van der Waals surface area contributed by atoms with E-state index in [4.69, 9.17) is 4.74 Å². The summed E-state index contributed by atoms with van der Waals surface area (Å²) in [5.41, 5.74) is 0. The third-order valence-electron chi connectivity index (χ3n) is 4.34. The number of amides is 2. The SMILES string of the molecule is O=C1[C@H]2CCCC[C@H]2C(=O)N1C[C@@H]1CCCO1. The molecule has 0 aromatic heterocycles. The van der Waals surface area contributed by atoms with E-state index < -0.39 is 0 Å². The summed E-state index contributed by atoms with van der Waals surface area (Å²) in [4.78, 5) is 25.9. The molecule has 0 N–H and O–H groups in total. The maximum Gasteiger partial charge on any atom is 0.233 e. The Hall–Kier alpha value is -0.900. The summed E-state index contributed by atoms with van der Waals surface area (Å²) < 4.78 is 5.52. The minimum absolute atomic E-state index is 0.0161. The number of likely N-dealkylation sites (tertiary alicyclic amines) is 1. The second-order valence-corrected chi connectivity index (χ2v) is 5.42. The van der Waals surface area contributed by atoms with Gasteiger partial charge in [0.15, 0.2) is 0 Å². The van der Waals surface area contributed by atoms with Gasteiger partial charge in [-0.2, -0.15) is 0 Å². The van der Waals surface area contributed by atoms with E-state index in [1.165, 1.54) is 4.90 Å². The zero-order valence-corrected chi connectivity index (χ0v) is 10.1. The molecule has 1 saturated carbocycles. The first-order valence-electron chi connectivity index (χ1n) is 6.74. The molecule has 17 heavy (non-hydrogen) atoms. The van der Waals surface area contributed by atoms with E-state index in [1.54, 1.807) is 0 Å². The fourth-order valence-corrected chi connectivity index (χ4v) is 3.40. The van der Waals surface area contributed by atoms with E-state index in [9.17, 15) is 9.59 Å². The Morgan fingerprint density at radius 1 is 1.00 bits per heavy atom. The lowest BCUT2D eigenvalue weighted by molar-refractivity contribution is -0.141. The van der Waals surface area contributed by atoms with Gasteiger partial charge in [0.25, 0.3) is 0 Å². The van der Waals surface area contributed by atoms with Crippen molar-refractivity contribution in [1.82, 2.24) is 4.90 Å². The second kappa shape index (κ2) is 4.41. The van der Waals surface area contributed by atoms with Crippen molar-refractivity contribution in [3.63, 3.8) is 0 Å². The van der Waals surface area contributed by atoms with Crippen molar-refractivity contribution in [3.05, 3.63) is 0 Å². The molecule has 2 amide bonds. The van der Waals surface area contributed by atoms with Crippen molar-refractivity contribution in [1.29, 1.82) is 0 Å². The van der Waals surface area contributed by atoms with Crippen LogP contribution < -0.4 is 0 Å². The van der Waals surface area contributed by atoms with Crippen LogP contribution in [0, 0.1) is 11.8 Å². The molecule has 2 aliphatic heterocycles. The van der Waals surface area contributed by atoms with Crippen LogP contribution in [-0.4, -0.2) is 36.0 Å². The molecule has 94 valence electrons. The van der Waals surface area contributed by atoms with Gasteiger partial charge in [-0.05, 0) is 25.7 Å². The van der Waals surface area contributed by atoms with E-state index in [2.05, 4.69) is 0 Å². The average molecular weight is 237 g/mol. The minimum atomic E-state index is -0.0161. The molecular formula is C13H19NO3. The Bertz CT molecular complexity index is 312. The number of imide groups is 1. The second-order valence-electron chi connectivity index (χ2n) is 5.42. The van der Waals surface area contributed by atoms with Gasteiger partial charge in [-0.1, -0.05) is 12.8 Å². The zero-order chi connectivity index (χ0) is 11.8. The van der Waals surface area contributed by atoms with Crippen molar-refractivity contribution in [2.75, 3.05) is 13.2 Å². The molecule has 1 aliphatic carbocycles. The molecule has 2 saturated heterocycles. The lowest BCUT2D eigenvalue weighted by Gasteiger charge is -2.19. The highest BCUT2D eigenvalue weighted by atomic mass is 16.5. The van der Waals surface area contributed by atoms with E-state index in [-0.39, 0.29) is 29.8 Å². The number of carbonyl (C=O) groups is 2. The Labute approximate surface area is 101 Å². The van der Waals surface area contributed by atoms with Crippen molar-refractivity contribution >= 4 is 11.8 Å². The van der Waals surface area contributed by atoms with Crippen LogP contribution in [0.1, 0.15) is 38.5 Å². The molecule has 4 nitrogen and oxygen atoms in total. The maximum atomic E-state index is 12.2. The summed E-state index contributed by atoms with van der Waals surface area (Å²) >= 11 is 0. The molecule has 3 atom stereocenters. The van der Waals surface area contributed by atoms with Crippen LogP contribution in [0.4, 0.5) is 0 Å². The Morgan fingerprint density at radius 2 is 1.65 bits per heavy atom. The van der Waals surface area contributed by atoms with Crippen LogP contribution in [0.15, 0.2) is 0 Å². The summed E-state index contributed by atoms with van der Waals surface area (Å²) in [6, 6.07) is 0. The molecule has 0 radical (unpaired) electrons. The Balaban J connectivity index is 1.71. The summed E-state index contributed by atoms with van der Waals surface area (Å²) in [5.74, 6) is 0.0979. The van der Waals surface area contributed by atoms with Gasteiger partial charge in [-0.15, -0.1) is 0 Å². The standard InChI is InChI=1S/C13H19NO3/c15-12-10-5-1-2-6-11(10)13(16)14(12)8-9-4-3-7-17-9/h9-11H,1-8H2/t9-,10-,11+/m0/s1. The maximum absolute atomic E-state index is 12.2. The highest BCUT2D eigenvalue weighted by Gasteiger charge is 2.48. The van der Waals surface area contributed by atoms with E-state index in [0.717, 1.165) is 45.1 Å². The van der Waals surface area contributed by atoms with Crippen molar-refractivity contribution in [2.45, 2.75) is 44.6 Å². The number of rotatable bonds is 2. The topological polar surface area (TPSA) is 46.6 Å². The Morgan fingerprint density at radius 3 is 2.18 bits per heavy atom. The van der Waals surface area contributed by atoms with Gasteiger partial charge in [0.05, 0.1) is 24.5 Å². The summed E-state index contributed by atoms with van der Waals surface area (Å²) in [6.45, 7) is 1.26. The third kappa shape index (κ3) is 1.88. The summed E-state index contributed by atoms with van der Waals surface area (Å²) in [5, 5.41) is 0. The first kappa shape index (κ1) is 11.2. The molecular weight excluding hydrogens is 218 g/mol. The van der Waals surface area contributed by atoms with Gasteiger partial charge in [-0.25, -0.2) is 0 Å². The molecule has 0 bridgehead atoms. The van der Waals surface area contributed by atoms with Crippen molar-refractivity contribution in [2.24, 2.45) is 11.8 Å². The molecule has 0 spiro atoms. The predicted octanol–water partition coefficient (Wildman–Crippen LogP) is 1.34. The molecule has 3 fully saturated rings. The molecule has 4 heteroatoms. The third-order valence-corrected chi connectivity index (χ3v) is 4.34. The largest absolute Gasteiger partial charge is 0.376 e. The number of ether oxygens (including phenoxy) is 1. The lowest BCUT2D eigenvalue weighted by Crippen LogP contribution is -2.37. The minimum Gasteiger partial charge on any atom is -0.376 e. The molecule has 0 unspecified atom stereocenters. The van der Waals surface area contributed by atoms with Gasteiger partial charge < -0.3 is 4.74 Å². The molecule has 0 aromatic rings. The lowest BCUT2D eigenvalue weighted by atomic mass is 9.81. The molecule has 2 heterocycles. The Kier molecular flexibility index (Phi) is 2.90. The predicted molar refractivity (Wildman–Crippen MR) is 61.1 cm³/mol. The normalized spacial score (nSPS) is 37.6. The van der Waals surface area contributed by atoms with Crippen molar-refractivity contribution < 1.29 is 14.3 Å². The fraction of sp³-hybridized carbons (Fsp3) is 0.846. The van der Waals surface area contributed by atoms with Crippen LogP contribution in [0.5, 0.6) is 0 Å². The average Bonchev–Trinajstić information content (AvgIpc) is 2.94. The number of hydrogen-bond acceptors (Lipinski definition) is 3. The quantitative estimate of drug-likeness (QED) is 0.681. The van der Waals surface area contributed by atoms with E-state index in [1.807, 2.05) is 0 Å². The van der Waals surface area contributed by atoms with Crippen LogP contribution in [0.2, 0.25) is 0 Å². The van der Waals surface area contributed by atoms with Gasteiger partial charge in [0, 0.05) is 6.61 Å². The number of carbonyl (C=O) groups excluding carboxylic acids is 2. The monoisotopic (exact) mass is 237 g/mol. The van der Waals surface area contributed by atoms with E-state index >= 15 is 0 Å². The van der Waals surface area contributed by atoms with Gasteiger partial charge in [-0.3, -0.25) is 14.5 Å². The fourth-order valence-electron chi connectivity index (χ4n) is 3.40. The number of nitrogens with zero attached hydrogens (tertiary/aromatic N) is 1. The smallest absolute Gasteiger partial charge is 0.233 e. The zero-order valence-electron chi connectivity index (χ0n) is 10.1. The van der Waals surface area contributed by atoms with Crippen molar-refractivity contribution in [3.8, 4) is 0 Å². The number of fused-ring (bicyclic) bond motifs is 1. The van der Waals surface area contributed by atoms with Gasteiger partial charge >= 0.3 is 0 Å². The number of hydrogen-bond donors (Lipinski definition) is 0. The first-order chi connectivity index (χ1) is 8.27. The molecule has 3 rings (SSSR count). The highest BCUT2D eigenvalue weighted by molar-refractivity contribution is 6.05. The molecule has 0 aromatic carbocycles. The van der Waals surface area contributed by atoms with Crippen LogP contribution in [0.25, 0.3) is 0 Å². The van der Waals surface area contributed by atoms with Crippen LogP contribution in [-0.2, 0) is 14.3 Å².